The largest absolute Gasteiger partial charge is 0.428 e. The molecule has 7 nitrogen and oxygen atoms in total. The number of carbonyl (C=O) groups excluding carboxylic acids is 2. The highest BCUT2D eigenvalue weighted by molar-refractivity contribution is 5.81. The molecule has 1 rings (SSSR count). The van der Waals surface area contributed by atoms with E-state index in [4.69, 9.17) is 5.73 Å². The summed E-state index contributed by atoms with van der Waals surface area (Å²) in [6.45, 7) is -1.31. The predicted octanol–water partition coefficient (Wildman–Crippen LogP) is -1.35. The molecule has 1 aliphatic rings. The summed E-state index contributed by atoms with van der Waals surface area (Å²) in [5.41, 5.74) is 5.70. The third kappa shape index (κ3) is 3.53. The number of hydrogen-bond acceptors (Lipinski definition) is 5. The number of alkyl halides is 1. The Morgan fingerprint density at radius 3 is 2.71 bits per heavy atom. The van der Waals surface area contributed by atoms with Gasteiger partial charge in [0, 0.05) is 12.1 Å². The molecule has 0 bridgehead atoms. The average Bonchev–Trinajstić information content (AvgIpc) is 2.25. The zero-order valence-corrected chi connectivity index (χ0v) is 9.53. The summed E-state index contributed by atoms with van der Waals surface area (Å²) in [7, 11) is 1.75. The minimum atomic E-state index is -1.01. The molecule has 0 saturated heterocycles. The summed E-state index contributed by atoms with van der Waals surface area (Å²) < 4.78 is 16.1. The molecular formula is C9H17FN4O3. The van der Waals surface area contributed by atoms with Crippen LogP contribution in [0.25, 0.3) is 0 Å². The highest BCUT2D eigenvalue weighted by atomic mass is 19.1. The molecule has 8 heteroatoms. The molecule has 0 spiro atoms. The summed E-state index contributed by atoms with van der Waals surface area (Å²) in [4.78, 5) is 22.3. The van der Waals surface area contributed by atoms with Crippen LogP contribution in [-0.2, 0) is 9.53 Å². The minimum absolute atomic E-state index is 0.0460. The van der Waals surface area contributed by atoms with Crippen LogP contribution in [0.3, 0.4) is 0 Å². The van der Waals surface area contributed by atoms with Gasteiger partial charge >= 0.3 is 6.09 Å². The van der Waals surface area contributed by atoms with Crippen LogP contribution in [0.1, 0.15) is 6.42 Å². The second-order valence-corrected chi connectivity index (χ2v) is 3.75. The van der Waals surface area contributed by atoms with Crippen molar-refractivity contribution >= 4 is 12.0 Å². The van der Waals surface area contributed by atoms with Crippen molar-refractivity contribution in [2.45, 2.75) is 18.5 Å². The molecule has 3 atom stereocenters. The van der Waals surface area contributed by atoms with Gasteiger partial charge in [-0.2, -0.15) is 0 Å². The molecule has 2 amide bonds. The third-order valence-corrected chi connectivity index (χ3v) is 2.76. The summed E-state index contributed by atoms with van der Waals surface area (Å²) in [5, 5.41) is 7.16. The van der Waals surface area contributed by atoms with Gasteiger partial charge in [0.05, 0.1) is 5.92 Å². The lowest BCUT2D eigenvalue weighted by Gasteiger charge is -2.41. The number of rotatable bonds is 5. The SMILES string of the molecule is CNC1CC(N)C1C(=O)NCOC(=O)NCF. The van der Waals surface area contributed by atoms with E-state index in [2.05, 4.69) is 15.4 Å². The fourth-order valence-corrected chi connectivity index (χ4v) is 1.76. The van der Waals surface area contributed by atoms with E-state index < -0.39 is 12.9 Å². The molecule has 5 N–H and O–H groups in total. The maximum absolute atomic E-state index is 11.6. The fraction of sp³-hybridized carbons (Fsp3) is 0.778. The van der Waals surface area contributed by atoms with Gasteiger partial charge in [-0.05, 0) is 13.5 Å². The lowest BCUT2D eigenvalue weighted by molar-refractivity contribution is -0.130. The number of nitrogens with two attached hydrogens (primary N) is 1. The Morgan fingerprint density at radius 1 is 1.47 bits per heavy atom. The van der Waals surface area contributed by atoms with E-state index in [0.717, 1.165) is 6.42 Å². The van der Waals surface area contributed by atoms with Crippen molar-refractivity contribution in [3.63, 3.8) is 0 Å². The molecule has 0 heterocycles. The zero-order valence-electron chi connectivity index (χ0n) is 9.53. The number of hydrogen-bond donors (Lipinski definition) is 4. The average molecular weight is 248 g/mol. The lowest BCUT2D eigenvalue weighted by atomic mass is 9.74. The Hall–Kier alpha value is -1.41. The van der Waals surface area contributed by atoms with Crippen LogP contribution >= 0.6 is 0 Å². The predicted molar refractivity (Wildman–Crippen MR) is 57.5 cm³/mol. The Bertz CT molecular complexity index is 289. The number of alkyl carbamates (subject to hydrolysis) is 1. The molecular weight excluding hydrogens is 231 g/mol. The van der Waals surface area contributed by atoms with E-state index in [1.165, 1.54) is 0 Å². The number of amides is 2. The van der Waals surface area contributed by atoms with Crippen LogP contribution in [0.4, 0.5) is 9.18 Å². The molecule has 0 aromatic heterocycles. The van der Waals surface area contributed by atoms with Gasteiger partial charge in [-0.1, -0.05) is 0 Å². The smallest absolute Gasteiger partial charge is 0.410 e. The Kier molecular flexibility index (Phi) is 5.11. The van der Waals surface area contributed by atoms with Crippen molar-refractivity contribution in [1.82, 2.24) is 16.0 Å². The van der Waals surface area contributed by atoms with Crippen molar-refractivity contribution in [2.24, 2.45) is 11.7 Å². The molecule has 1 aliphatic carbocycles. The maximum atomic E-state index is 11.6. The minimum Gasteiger partial charge on any atom is -0.428 e. The molecule has 0 aliphatic heterocycles. The van der Waals surface area contributed by atoms with Gasteiger partial charge in [0.25, 0.3) is 0 Å². The first-order valence-corrected chi connectivity index (χ1v) is 5.27. The highest BCUT2D eigenvalue weighted by Gasteiger charge is 2.42. The molecule has 1 fully saturated rings. The van der Waals surface area contributed by atoms with Crippen LogP contribution in [0.5, 0.6) is 0 Å². The van der Waals surface area contributed by atoms with Crippen LogP contribution in [-0.4, -0.2) is 44.7 Å². The van der Waals surface area contributed by atoms with Gasteiger partial charge in [-0.3, -0.25) is 10.1 Å². The van der Waals surface area contributed by atoms with E-state index in [1.807, 2.05) is 0 Å². The van der Waals surface area contributed by atoms with Gasteiger partial charge in [0.1, 0.15) is 0 Å². The van der Waals surface area contributed by atoms with E-state index in [1.54, 1.807) is 12.4 Å². The molecule has 0 aromatic carbocycles. The Morgan fingerprint density at radius 2 is 2.18 bits per heavy atom. The highest BCUT2D eigenvalue weighted by Crippen LogP contribution is 2.26. The van der Waals surface area contributed by atoms with Crippen molar-refractivity contribution in [2.75, 3.05) is 20.6 Å². The van der Waals surface area contributed by atoms with Crippen LogP contribution in [0.2, 0.25) is 0 Å². The van der Waals surface area contributed by atoms with E-state index in [0.29, 0.717) is 0 Å². The molecule has 3 unspecified atom stereocenters. The Labute approximate surface area is 98.2 Å². The zero-order chi connectivity index (χ0) is 12.8. The fourth-order valence-electron chi connectivity index (χ4n) is 1.76. The molecule has 0 radical (unpaired) electrons. The number of nitrogens with one attached hydrogen (secondary N) is 3. The van der Waals surface area contributed by atoms with Crippen molar-refractivity contribution in [3.05, 3.63) is 0 Å². The van der Waals surface area contributed by atoms with Gasteiger partial charge < -0.3 is 21.1 Å². The van der Waals surface area contributed by atoms with Crippen LogP contribution < -0.4 is 21.7 Å². The monoisotopic (exact) mass is 248 g/mol. The first-order valence-electron chi connectivity index (χ1n) is 5.27. The van der Waals surface area contributed by atoms with Crippen molar-refractivity contribution < 1.29 is 18.7 Å². The normalized spacial score (nSPS) is 26.9. The number of carbonyl (C=O) groups is 2. The summed E-state index contributed by atoms with van der Waals surface area (Å²) >= 11 is 0. The topological polar surface area (TPSA) is 105 Å². The molecule has 1 saturated carbocycles. The van der Waals surface area contributed by atoms with Crippen LogP contribution in [0, 0.1) is 5.92 Å². The molecule has 17 heavy (non-hydrogen) atoms. The summed E-state index contributed by atoms with van der Waals surface area (Å²) in [6.07, 6.45) is -0.187. The first-order chi connectivity index (χ1) is 8.10. The van der Waals surface area contributed by atoms with Gasteiger partial charge in [0.15, 0.2) is 13.5 Å². The number of ether oxygens (including phenoxy) is 1. The first kappa shape index (κ1) is 13.7. The van der Waals surface area contributed by atoms with Crippen LogP contribution in [0.15, 0.2) is 0 Å². The molecule has 0 aromatic rings. The number of halogens is 1. The van der Waals surface area contributed by atoms with E-state index >= 15 is 0 Å². The summed E-state index contributed by atoms with van der Waals surface area (Å²) in [6, 6.07) is -0.142. The molecule has 98 valence electrons. The van der Waals surface area contributed by atoms with Gasteiger partial charge in [0.2, 0.25) is 5.91 Å². The van der Waals surface area contributed by atoms with Gasteiger partial charge in [-0.25, -0.2) is 9.18 Å². The van der Waals surface area contributed by atoms with Crippen molar-refractivity contribution in [3.8, 4) is 0 Å². The quantitative estimate of drug-likeness (QED) is 0.355. The maximum Gasteiger partial charge on any atom is 0.410 e. The second-order valence-electron chi connectivity index (χ2n) is 3.75. The van der Waals surface area contributed by atoms with E-state index in [9.17, 15) is 14.0 Å². The van der Waals surface area contributed by atoms with Gasteiger partial charge in [-0.15, -0.1) is 0 Å². The lowest BCUT2D eigenvalue weighted by Crippen LogP contribution is -2.62. The third-order valence-electron chi connectivity index (χ3n) is 2.76. The summed E-state index contributed by atoms with van der Waals surface area (Å²) in [5.74, 6) is -0.607. The Balaban J connectivity index is 2.23. The second kappa shape index (κ2) is 6.36. The van der Waals surface area contributed by atoms with Crippen molar-refractivity contribution in [1.29, 1.82) is 0 Å². The standard InChI is InChI=1S/C9H17FN4O3/c1-12-6-2-5(11)7(6)8(15)14-4-17-9(16)13-3-10/h5-7,12H,2-4,11H2,1H3,(H,13,16)(H,14,15). The van der Waals surface area contributed by atoms with E-state index in [-0.39, 0.29) is 30.6 Å².